The Morgan fingerprint density at radius 1 is 1.37 bits per heavy atom. The quantitative estimate of drug-likeness (QED) is 0.932. The molecular formula is C15H19NO2S. The number of hydrogen-bond acceptors (Lipinski definition) is 4. The first kappa shape index (κ1) is 13.1. The standard InChI is InChI=1S/C15H19NO2S/c1-2-18-14-10-16(9-13(14)17)8-12-7-11-5-3-4-6-15(11)19-12/h3-7,13-14,17H,2,8-10H2,1H3/t13-,14-/m0/s1. The number of rotatable bonds is 4. The third-order valence-electron chi connectivity index (χ3n) is 3.55. The van der Waals surface area contributed by atoms with E-state index in [-0.39, 0.29) is 12.2 Å². The first-order valence-electron chi connectivity index (χ1n) is 6.75. The van der Waals surface area contributed by atoms with Crippen LogP contribution in [0.5, 0.6) is 0 Å². The van der Waals surface area contributed by atoms with E-state index in [0.29, 0.717) is 13.2 Å². The molecule has 3 rings (SSSR count). The Kier molecular flexibility index (Phi) is 3.84. The van der Waals surface area contributed by atoms with Gasteiger partial charge in [0.25, 0.3) is 0 Å². The lowest BCUT2D eigenvalue weighted by atomic mass is 10.2. The van der Waals surface area contributed by atoms with Crippen LogP contribution in [-0.4, -0.2) is 41.9 Å². The van der Waals surface area contributed by atoms with Gasteiger partial charge in [0.2, 0.25) is 0 Å². The van der Waals surface area contributed by atoms with Gasteiger partial charge in [-0.25, -0.2) is 0 Å². The summed E-state index contributed by atoms with van der Waals surface area (Å²) in [5, 5.41) is 11.3. The van der Waals surface area contributed by atoms with Crippen molar-refractivity contribution in [1.29, 1.82) is 0 Å². The Bertz CT molecular complexity index is 521. The zero-order chi connectivity index (χ0) is 13.2. The van der Waals surface area contributed by atoms with Crippen molar-refractivity contribution in [3.63, 3.8) is 0 Å². The lowest BCUT2D eigenvalue weighted by molar-refractivity contribution is -0.00244. The molecule has 4 heteroatoms. The third-order valence-corrected chi connectivity index (χ3v) is 4.65. The molecule has 0 unspecified atom stereocenters. The van der Waals surface area contributed by atoms with Crippen molar-refractivity contribution in [1.82, 2.24) is 4.90 Å². The molecule has 1 aliphatic heterocycles. The fourth-order valence-electron chi connectivity index (χ4n) is 2.67. The molecule has 1 N–H and O–H groups in total. The molecule has 1 aromatic heterocycles. The molecule has 3 nitrogen and oxygen atoms in total. The number of aliphatic hydroxyl groups is 1. The van der Waals surface area contributed by atoms with Crippen molar-refractivity contribution in [2.45, 2.75) is 25.7 Å². The Morgan fingerprint density at radius 3 is 3.00 bits per heavy atom. The van der Waals surface area contributed by atoms with Gasteiger partial charge in [0.15, 0.2) is 0 Å². The molecule has 0 saturated carbocycles. The number of ether oxygens (including phenoxy) is 1. The highest BCUT2D eigenvalue weighted by Crippen LogP contribution is 2.27. The second-order valence-corrected chi connectivity index (χ2v) is 6.17. The minimum Gasteiger partial charge on any atom is -0.389 e. The molecule has 0 amide bonds. The molecule has 19 heavy (non-hydrogen) atoms. The van der Waals surface area contributed by atoms with E-state index in [0.717, 1.165) is 13.1 Å². The summed E-state index contributed by atoms with van der Waals surface area (Å²) in [6, 6.07) is 10.7. The monoisotopic (exact) mass is 277 g/mol. The van der Waals surface area contributed by atoms with Gasteiger partial charge in [0.05, 0.1) is 12.2 Å². The molecule has 102 valence electrons. The van der Waals surface area contributed by atoms with Gasteiger partial charge in [-0.1, -0.05) is 18.2 Å². The summed E-state index contributed by atoms with van der Waals surface area (Å²) in [5.74, 6) is 0. The van der Waals surface area contributed by atoms with E-state index in [4.69, 9.17) is 4.74 Å². The van der Waals surface area contributed by atoms with Crippen molar-refractivity contribution in [2.75, 3.05) is 19.7 Å². The van der Waals surface area contributed by atoms with E-state index in [1.54, 1.807) is 0 Å². The second kappa shape index (κ2) is 5.59. The Labute approximate surface area is 117 Å². The second-order valence-electron chi connectivity index (χ2n) is 5.01. The Balaban J connectivity index is 1.68. The van der Waals surface area contributed by atoms with Gasteiger partial charge >= 0.3 is 0 Å². The number of aliphatic hydroxyl groups excluding tert-OH is 1. The van der Waals surface area contributed by atoms with Crippen LogP contribution in [0, 0.1) is 0 Å². The number of likely N-dealkylation sites (tertiary alicyclic amines) is 1. The van der Waals surface area contributed by atoms with Crippen LogP contribution < -0.4 is 0 Å². The number of thiophene rings is 1. The number of nitrogens with zero attached hydrogens (tertiary/aromatic N) is 1. The normalized spacial score (nSPS) is 24.3. The highest BCUT2D eigenvalue weighted by molar-refractivity contribution is 7.19. The van der Waals surface area contributed by atoms with Crippen LogP contribution in [0.4, 0.5) is 0 Å². The van der Waals surface area contributed by atoms with E-state index >= 15 is 0 Å². The summed E-state index contributed by atoms with van der Waals surface area (Å²) in [6.45, 7) is 5.07. The van der Waals surface area contributed by atoms with Crippen LogP contribution in [0.2, 0.25) is 0 Å². The van der Waals surface area contributed by atoms with Gasteiger partial charge in [0, 0.05) is 35.8 Å². The fourth-order valence-corrected chi connectivity index (χ4v) is 3.78. The zero-order valence-corrected chi connectivity index (χ0v) is 11.9. The minimum atomic E-state index is -0.352. The van der Waals surface area contributed by atoms with Crippen molar-refractivity contribution < 1.29 is 9.84 Å². The van der Waals surface area contributed by atoms with Crippen LogP contribution in [0.3, 0.4) is 0 Å². The molecular weight excluding hydrogens is 258 g/mol. The number of benzene rings is 1. The van der Waals surface area contributed by atoms with Crippen molar-refractivity contribution in [3.8, 4) is 0 Å². The van der Waals surface area contributed by atoms with Crippen LogP contribution >= 0.6 is 11.3 Å². The van der Waals surface area contributed by atoms with Gasteiger partial charge in [-0.2, -0.15) is 0 Å². The van der Waals surface area contributed by atoms with Crippen LogP contribution in [0.1, 0.15) is 11.8 Å². The number of fused-ring (bicyclic) bond motifs is 1. The first-order chi connectivity index (χ1) is 9.26. The third kappa shape index (κ3) is 2.82. The van der Waals surface area contributed by atoms with Crippen LogP contribution in [0.15, 0.2) is 30.3 Å². The SMILES string of the molecule is CCO[C@H]1CN(Cc2cc3ccccc3s2)C[C@@H]1O. The Morgan fingerprint density at radius 2 is 2.21 bits per heavy atom. The molecule has 0 spiro atoms. The minimum absolute atomic E-state index is 0.0284. The molecule has 2 atom stereocenters. The predicted octanol–water partition coefficient (Wildman–Crippen LogP) is 2.48. The van der Waals surface area contributed by atoms with Gasteiger partial charge < -0.3 is 9.84 Å². The average Bonchev–Trinajstić information content (AvgIpc) is 2.94. The van der Waals surface area contributed by atoms with Crippen LogP contribution in [-0.2, 0) is 11.3 Å². The van der Waals surface area contributed by atoms with E-state index in [1.807, 2.05) is 18.3 Å². The van der Waals surface area contributed by atoms with Crippen LogP contribution in [0.25, 0.3) is 10.1 Å². The summed E-state index contributed by atoms with van der Waals surface area (Å²) < 4.78 is 6.89. The predicted molar refractivity (Wildman–Crippen MR) is 78.5 cm³/mol. The summed E-state index contributed by atoms with van der Waals surface area (Å²) in [5.41, 5.74) is 0. The Hall–Kier alpha value is -0.940. The zero-order valence-electron chi connectivity index (χ0n) is 11.1. The highest BCUT2D eigenvalue weighted by Gasteiger charge is 2.31. The maximum absolute atomic E-state index is 9.95. The first-order valence-corrected chi connectivity index (χ1v) is 7.57. The summed E-state index contributed by atoms with van der Waals surface area (Å²) in [7, 11) is 0. The summed E-state index contributed by atoms with van der Waals surface area (Å²) in [4.78, 5) is 3.63. The lowest BCUT2D eigenvalue weighted by Gasteiger charge is -2.14. The van der Waals surface area contributed by atoms with Crippen molar-refractivity contribution in [2.24, 2.45) is 0 Å². The highest BCUT2D eigenvalue weighted by atomic mass is 32.1. The molecule has 2 aromatic rings. The molecule has 1 aromatic carbocycles. The van der Waals surface area contributed by atoms with Gasteiger partial charge in [-0.15, -0.1) is 11.3 Å². The van der Waals surface area contributed by atoms with Crippen molar-refractivity contribution >= 4 is 21.4 Å². The van der Waals surface area contributed by atoms with Crippen molar-refractivity contribution in [3.05, 3.63) is 35.2 Å². The van der Waals surface area contributed by atoms with E-state index in [2.05, 4.69) is 35.2 Å². The topological polar surface area (TPSA) is 32.7 Å². The smallest absolute Gasteiger partial charge is 0.0972 e. The number of hydrogen-bond donors (Lipinski definition) is 1. The van der Waals surface area contributed by atoms with Gasteiger partial charge in [-0.05, 0) is 24.4 Å². The van der Waals surface area contributed by atoms with E-state index in [9.17, 15) is 5.11 Å². The fraction of sp³-hybridized carbons (Fsp3) is 0.467. The molecule has 0 bridgehead atoms. The summed E-state index contributed by atoms with van der Waals surface area (Å²) in [6.07, 6.45) is -0.381. The van der Waals surface area contributed by atoms with Gasteiger partial charge in [0.1, 0.15) is 0 Å². The lowest BCUT2D eigenvalue weighted by Crippen LogP contribution is -2.26. The maximum atomic E-state index is 9.95. The van der Waals surface area contributed by atoms with Gasteiger partial charge in [-0.3, -0.25) is 4.90 Å². The van der Waals surface area contributed by atoms with E-state index in [1.165, 1.54) is 15.0 Å². The van der Waals surface area contributed by atoms with E-state index < -0.39 is 0 Å². The summed E-state index contributed by atoms with van der Waals surface area (Å²) >= 11 is 1.84. The molecule has 2 heterocycles. The number of β-amino-alcohol motifs (C(OH)–C–C–N with tert-alkyl or cyclic N) is 1. The maximum Gasteiger partial charge on any atom is 0.0972 e. The molecule has 0 aliphatic carbocycles. The molecule has 1 fully saturated rings. The molecule has 1 saturated heterocycles. The molecule has 1 aliphatic rings. The average molecular weight is 277 g/mol. The largest absolute Gasteiger partial charge is 0.389 e. The molecule has 0 radical (unpaired) electrons.